The molecule has 0 spiro atoms. The van der Waals surface area contributed by atoms with Crippen LogP contribution in [0.1, 0.15) is 47.5 Å². The van der Waals surface area contributed by atoms with Crippen LogP contribution in [0, 0.1) is 0 Å². The molecule has 0 saturated carbocycles. The molecule has 0 bridgehead atoms. The summed E-state index contributed by atoms with van der Waals surface area (Å²) in [6.07, 6.45) is 13.5. The Bertz CT molecular complexity index is 2290. The van der Waals surface area contributed by atoms with E-state index in [4.69, 9.17) is 0 Å². The van der Waals surface area contributed by atoms with E-state index in [-0.39, 0.29) is 0 Å². The van der Waals surface area contributed by atoms with Gasteiger partial charge in [0.15, 0.2) is 11.6 Å². The first-order valence-corrected chi connectivity index (χ1v) is 20.1. The molecule has 4 aromatic heterocycles. The van der Waals surface area contributed by atoms with E-state index in [2.05, 4.69) is 110 Å². The molecule has 0 unspecified atom stereocenters. The maximum atomic E-state index is 4.66. The van der Waals surface area contributed by atoms with Crippen molar-refractivity contribution in [3.8, 4) is 45.3 Å². The Labute approximate surface area is 339 Å². The first kappa shape index (κ1) is 37.0. The van der Waals surface area contributed by atoms with Gasteiger partial charge in [-0.05, 0) is 37.1 Å². The van der Waals surface area contributed by atoms with Crippen LogP contribution in [0.2, 0.25) is 0 Å². The van der Waals surface area contributed by atoms with Crippen LogP contribution in [-0.4, -0.2) is 75.9 Å². The van der Waals surface area contributed by atoms with E-state index in [1.807, 2.05) is 97.8 Å². The molecule has 2 aliphatic heterocycles. The predicted molar refractivity (Wildman–Crippen MR) is 228 cm³/mol. The third kappa shape index (κ3) is 8.99. The Morgan fingerprint density at radius 1 is 0.414 bits per heavy atom. The van der Waals surface area contributed by atoms with E-state index < -0.39 is 0 Å². The zero-order valence-corrected chi connectivity index (χ0v) is 32.4. The second kappa shape index (κ2) is 17.7. The number of benzene rings is 4. The molecule has 10 rings (SSSR count). The van der Waals surface area contributed by atoms with E-state index in [0.717, 1.165) is 109 Å². The van der Waals surface area contributed by atoms with Crippen molar-refractivity contribution < 1.29 is 0 Å². The first-order valence-electron chi connectivity index (χ1n) is 20.1. The van der Waals surface area contributed by atoms with Gasteiger partial charge in [0.25, 0.3) is 0 Å². The number of hydrogen-bond acceptors (Lipinski definition) is 8. The molecule has 10 nitrogen and oxygen atoms in total. The quantitative estimate of drug-likeness (QED) is 0.142. The van der Waals surface area contributed by atoms with E-state index in [1.54, 1.807) is 0 Å². The second-order valence-corrected chi connectivity index (χ2v) is 15.1. The fraction of sp³-hybridized carbons (Fsp3) is 0.208. The Kier molecular flexibility index (Phi) is 11.3. The van der Waals surface area contributed by atoms with Gasteiger partial charge in [-0.1, -0.05) is 121 Å². The number of aromatic nitrogens is 8. The van der Waals surface area contributed by atoms with Crippen LogP contribution in [0.4, 0.5) is 0 Å². The minimum Gasteiger partial charge on any atom is -0.342 e. The summed E-state index contributed by atoms with van der Waals surface area (Å²) in [5.41, 5.74) is 8.64. The average Bonchev–Trinajstić information content (AvgIpc) is 4.14. The summed E-state index contributed by atoms with van der Waals surface area (Å²) >= 11 is 0. The lowest BCUT2D eigenvalue weighted by atomic mass is 10.1. The Morgan fingerprint density at radius 2 is 0.776 bits per heavy atom. The zero-order valence-electron chi connectivity index (χ0n) is 32.4. The van der Waals surface area contributed by atoms with Crippen LogP contribution in [0.5, 0.6) is 0 Å². The maximum absolute atomic E-state index is 4.66. The van der Waals surface area contributed by atoms with Gasteiger partial charge in [-0.15, -0.1) is 0 Å². The van der Waals surface area contributed by atoms with Crippen molar-refractivity contribution in [1.29, 1.82) is 0 Å². The van der Waals surface area contributed by atoms with Crippen LogP contribution < -0.4 is 0 Å². The highest BCUT2D eigenvalue weighted by Crippen LogP contribution is 2.30. The van der Waals surface area contributed by atoms with Crippen molar-refractivity contribution in [3.05, 3.63) is 181 Å². The van der Waals surface area contributed by atoms with Gasteiger partial charge in [-0.25, -0.2) is 29.9 Å². The maximum Gasteiger partial charge on any atom is 0.159 e. The molecule has 58 heavy (non-hydrogen) atoms. The van der Waals surface area contributed by atoms with Crippen molar-refractivity contribution in [2.45, 2.75) is 37.8 Å². The zero-order chi connectivity index (χ0) is 38.9. The van der Waals surface area contributed by atoms with E-state index in [9.17, 15) is 0 Å². The predicted octanol–water partition coefficient (Wildman–Crippen LogP) is 9.05. The highest BCUT2D eigenvalue weighted by Gasteiger charge is 2.27. The molecule has 2 atom stereocenters. The van der Waals surface area contributed by atoms with Crippen LogP contribution in [0.25, 0.3) is 45.3 Å². The summed E-state index contributed by atoms with van der Waals surface area (Å²) in [4.78, 5) is 39.4. The van der Waals surface area contributed by atoms with Crippen molar-refractivity contribution in [2.24, 2.45) is 0 Å². The molecule has 8 aromatic rings. The van der Waals surface area contributed by atoms with Gasteiger partial charge in [0.2, 0.25) is 0 Å². The van der Waals surface area contributed by atoms with Gasteiger partial charge in [0.1, 0.15) is 11.6 Å². The Morgan fingerprint density at radius 3 is 1.16 bits per heavy atom. The standard InChI is InChI=1S/2C24H23N5/c2*1-3-7-18(8-4-1)16-29-12-11-20(17-29)24-27-15-22(28-24)21-13-25-23(26-14-21)19-9-5-2-6-10-19/h2*1-10,13-15,20H,11-12,16-17H2,(H,27,28)/t2*20-/m10/s1. The molecular formula is C48H46N10. The molecule has 288 valence electrons. The van der Waals surface area contributed by atoms with Crippen LogP contribution in [0.15, 0.2) is 159 Å². The molecule has 0 aliphatic carbocycles. The molecule has 2 fully saturated rings. The number of nitrogens with zero attached hydrogens (tertiary/aromatic N) is 8. The largest absolute Gasteiger partial charge is 0.342 e. The number of hydrogen-bond donors (Lipinski definition) is 2. The van der Waals surface area contributed by atoms with Crippen LogP contribution in [-0.2, 0) is 13.1 Å². The van der Waals surface area contributed by atoms with Gasteiger partial charge in [0, 0.05) is 85.1 Å². The molecule has 0 amide bonds. The molecule has 4 aromatic carbocycles. The summed E-state index contributed by atoms with van der Waals surface area (Å²) in [7, 11) is 0. The lowest BCUT2D eigenvalue weighted by molar-refractivity contribution is 0.326. The fourth-order valence-electron chi connectivity index (χ4n) is 7.87. The Balaban J connectivity index is 0.000000150. The van der Waals surface area contributed by atoms with Gasteiger partial charge >= 0.3 is 0 Å². The van der Waals surface area contributed by atoms with E-state index in [1.165, 1.54) is 11.1 Å². The smallest absolute Gasteiger partial charge is 0.159 e. The highest BCUT2D eigenvalue weighted by atomic mass is 15.2. The van der Waals surface area contributed by atoms with E-state index in [0.29, 0.717) is 11.8 Å². The second-order valence-electron chi connectivity index (χ2n) is 15.1. The number of H-pyrrole nitrogens is 2. The van der Waals surface area contributed by atoms with Crippen molar-refractivity contribution in [2.75, 3.05) is 26.2 Å². The minimum atomic E-state index is 0.442. The number of nitrogens with one attached hydrogen (secondary N) is 2. The number of rotatable bonds is 10. The van der Waals surface area contributed by atoms with E-state index >= 15 is 0 Å². The topological polar surface area (TPSA) is 115 Å². The van der Waals surface area contributed by atoms with Crippen molar-refractivity contribution >= 4 is 0 Å². The average molecular weight is 763 g/mol. The minimum absolute atomic E-state index is 0.442. The van der Waals surface area contributed by atoms with Crippen molar-refractivity contribution in [1.82, 2.24) is 49.7 Å². The third-order valence-electron chi connectivity index (χ3n) is 11.0. The van der Waals surface area contributed by atoms with Gasteiger partial charge in [0.05, 0.1) is 23.8 Å². The molecule has 2 saturated heterocycles. The summed E-state index contributed by atoms with van der Waals surface area (Å²) in [5.74, 6) is 4.47. The third-order valence-corrected chi connectivity index (χ3v) is 11.0. The SMILES string of the molecule is c1ccc(CN2CC[C@@H](c3ncc(-c4cnc(-c5ccccc5)nc4)[nH]3)C2)cc1.c1ccc(CN2CC[C@H](c3ncc(-c4cnc(-c5ccccc5)nc4)[nH]3)C2)cc1. The summed E-state index contributed by atoms with van der Waals surface area (Å²) < 4.78 is 0. The number of imidazole rings is 2. The lowest BCUT2D eigenvalue weighted by Crippen LogP contribution is -2.19. The molecular weight excluding hydrogens is 717 g/mol. The van der Waals surface area contributed by atoms with Crippen LogP contribution in [0.3, 0.4) is 0 Å². The van der Waals surface area contributed by atoms with Crippen LogP contribution >= 0.6 is 0 Å². The van der Waals surface area contributed by atoms with Gasteiger partial charge < -0.3 is 9.97 Å². The monoisotopic (exact) mass is 762 g/mol. The highest BCUT2D eigenvalue weighted by molar-refractivity contribution is 5.61. The fourth-order valence-corrected chi connectivity index (χ4v) is 7.87. The Hall–Kier alpha value is -6.62. The van der Waals surface area contributed by atoms with Gasteiger partial charge in [-0.3, -0.25) is 9.80 Å². The number of likely N-dealkylation sites (tertiary alicyclic amines) is 2. The molecule has 2 aliphatic rings. The summed E-state index contributed by atoms with van der Waals surface area (Å²) in [6.45, 7) is 6.27. The number of aromatic amines is 2. The van der Waals surface area contributed by atoms with Crippen molar-refractivity contribution in [3.63, 3.8) is 0 Å². The molecule has 2 N–H and O–H groups in total. The summed E-state index contributed by atoms with van der Waals surface area (Å²) in [5, 5.41) is 0. The molecule has 0 radical (unpaired) electrons. The molecule has 6 heterocycles. The summed E-state index contributed by atoms with van der Waals surface area (Å²) in [6, 6.07) is 41.4. The normalized spacial score (nSPS) is 16.9. The first-order chi connectivity index (χ1) is 28.7. The lowest BCUT2D eigenvalue weighted by Gasteiger charge is -2.15. The van der Waals surface area contributed by atoms with Gasteiger partial charge in [-0.2, -0.15) is 0 Å². The molecule has 10 heteroatoms.